The molecule has 2 amide bonds. The van der Waals surface area contributed by atoms with E-state index in [4.69, 9.17) is 0 Å². The molecule has 5 nitrogen and oxygen atoms in total. The molecule has 2 atom stereocenters. The Kier molecular flexibility index (Phi) is 4.02. The fraction of sp³-hybridized carbons (Fsp3) is 0.357. The van der Waals surface area contributed by atoms with Crippen LogP contribution in [0.15, 0.2) is 30.3 Å². The predicted molar refractivity (Wildman–Crippen MR) is 78.9 cm³/mol. The summed E-state index contributed by atoms with van der Waals surface area (Å²) in [7, 11) is 0. The Morgan fingerprint density at radius 2 is 2.09 bits per heavy atom. The molecule has 22 heavy (non-hydrogen) atoms. The average Bonchev–Trinajstić information content (AvgIpc) is 2.94. The maximum Gasteiger partial charge on any atom is 0.324 e. The monoisotopic (exact) mass is 324 g/mol. The number of hydrogen-bond acceptors (Lipinski definition) is 4. The number of amides is 2. The number of hydrogen-bond donors (Lipinski definition) is 1. The summed E-state index contributed by atoms with van der Waals surface area (Å²) >= 11 is 0.688. The van der Waals surface area contributed by atoms with Crippen molar-refractivity contribution < 1.29 is 13.6 Å². The van der Waals surface area contributed by atoms with Gasteiger partial charge in [0.2, 0.25) is 5.13 Å². The topological polar surface area (TPSA) is 58.1 Å². The molecule has 2 heterocycles. The molecule has 0 unspecified atom stereocenters. The van der Waals surface area contributed by atoms with Crippen LogP contribution < -0.4 is 5.32 Å². The van der Waals surface area contributed by atoms with Gasteiger partial charge in [0.05, 0.1) is 6.04 Å². The van der Waals surface area contributed by atoms with Crippen LogP contribution in [-0.2, 0) is 0 Å². The SMILES string of the molecule is C[C@H]1CN(C(=O)Nc2nnc(C(F)F)s2)[C@H]1c1ccccc1. The second-order valence-electron chi connectivity index (χ2n) is 5.16. The molecule has 1 aromatic heterocycles. The van der Waals surface area contributed by atoms with Crippen molar-refractivity contribution in [3.63, 3.8) is 0 Å². The van der Waals surface area contributed by atoms with Gasteiger partial charge >= 0.3 is 6.03 Å². The number of likely N-dealkylation sites (tertiary alicyclic amines) is 1. The third-order valence-electron chi connectivity index (χ3n) is 3.60. The molecule has 0 bridgehead atoms. The van der Waals surface area contributed by atoms with Gasteiger partial charge in [0.25, 0.3) is 6.43 Å². The number of benzene rings is 1. The maximum atomic E-state index is 12.5. The lowest BCUT2D eigenvalue weighted by Gasteiger charge is -2.46. The molecular weight excluding hydrogens is 310 g/mol. The molecule has 1 aromatic carbocycles. The smallest absolute Gasteiger partial charge is 0.317 e. The van der Waals surface area contributed by atoms with Crippen LogP contribution in [0.4, 0.5) is 18.7 Å². The number of carbonyl (C=O) groups excluding carboxylic acids is 1. The highest BCUT2D eigenvalue weighted by molar-refractivity contribution is 7.15. The fourth-order valence-corrected chi connectivity index (χ4v) is 3.19. The molecule has 8 heteroatoms. The lowest BCUT2D eigenvalue weighted by atomic mass is 9.85. The van der Waals surface area contributed by atoms with Gasteiger partial charge in [-0.05, 0) is 11.5 Å². The van der Waals surface area contributed by atoms with Gasteiger partial charge in [-0.3, -0.25) is 5.32 Å². The van der Waals surface area contributed by atoms with E-state index in [2.05, 4.69) is 22.4 Å². The fourth-order valence-electron chi connectivity index (χ4n) is 2.60. The van der Waals surface area contributed by atoms with Crippen LogP contribution in [0.2, 0.25) is 0 Å². The number of alkyl halides is 2. The standard InChI is InChI=1S/C14H14F2N4OS/c1-8-7-20(10(8)9-5-3-2-4-6-9)14(21)17-13-19-18-12(22-13)11(15)16/h2-6,8,10-11H,7H2,1H3,(H,17,19,21)/t8-,10+/m0/s1. The Balaban J connectivity index is 1.69. The number of halogens is 2. The van der Waals surface area contributed by atoms with Gasteiger partial charge in [0, 0.05) is 6.54 Å². The van der Waals surface area contributed by atoms with Gasteiger partial charge < -0.3 is 4.90 Å². The zero-order valence-electron chi connectivity index (χ0n) is 11.7. The number of rotatable bonds is 3. The van der Waals surface area contributed by atoms with Crippen molar-refractivity contribution in [2.45, 2.75) is 19.4 Å². The summed E-state index contributed by atoms with van der Waals surface area (Å²) in [6, 6.07) is 9.37. The lowest BCUT2D eigenvalue weighted by molar-refractivity contribution is 0.0671. The molecule has 116 valence electrons. The van der Waals surface area contributed by atoms with Gasteiger partial charge in [-0.1, -0.05) is 48.6 Å². The highest BCUT2D eigenvalue weighted by atomic mass is 32.1. The molecule has 1 aliphatic rings. The van der Waals surface area contributed by atoms with Crippen molar-refractivity contribution in [3.8, 4) is 0 Å². The van der Waals surface area contributed by atoms with E-state index in [1.165, 1.54) is 0 Å². The second kappa shape index (κ2) is 5.96. The molecule has 2 aromatic rings. The molecule has 1 fully saturated rings. The van der Waals surface area contributed by atoms with Crippen LogP contribution in [-0.4, -0.2) is 27.7 Å². The van der Waals surface area contributed by atoms with Crippen molar-refractivity contribution >= 4 is 22.5 Å². The molecule has 1 saturated heterocycles. The van der Waals surface area contributed by atoms with Crippen LogP contribution >= 0.6 is 11.3 Å². The molecule has 0 saturated carbocycles. The first-order valence-electron chi connectivity index (χ1n) is 6.80. The molecular formula is C14H14F2N4OS. The molecule has 0 spiro atoms. The summed E-state index contributed by atoms with van der Waals surface area (Å²) in [5.41, 5.74) is 1.06. The normalized spacial score (nSPS) is 20.8. The van der Waals surface area contributed by atoms with E-state index >= 15 is 0 Å². The van der Waals surface area contributed by atoms with E-state index in [1.807, 2.05) is 30.3 Å². The van der Waals surface area contributed by atoms with Crippen molar-refractivity contribution in [1.82, 2.24) is 15.1 Å². The zero-order valence-corrected chi connectivity index (χ0v) is 12.6. The number of nitrogens with one attached hydrogen (secondary N) is 1. The minimum atomic E-state index is -2.68. The third kappa shape index (κ3) is 2.78. The average molecular weight is 324 g/mol. The highest BCUT2D eigenvalue weighted by Crippen LogP contribution is 2.38. The van der Waals surface area contributed by atoms with E-state index in [0.717, 1.165) is 5.56 Å². The number of anilines is 1. The number of carbonyl (C=O) groups is 1. The Bertz CT molecular complexity index is 664. The number of urea groups is 1. The third-order valence-corrected chi connectivity index (χ3v) is 4.45. The van der Waals surface area contributed by atoms with Crippen molar-refractivity contribution in [1.29, 1.82) is 0 Å². The van der Waals surface area contributed by atoms with Gasteiger partial charge in [-0.25, -0.2) is 13.6 Å². The minimum absolute atomic E-state index is 0.0105. The lowest BCUT2D eigenvalue weighted by Crippen LogP contribution is -2.53. The highest BCUT2D eigenvalue weighted by Gasteiger charge is 2.40. The summed E-state index contributed by atoms with van der Waals surface area (Å²) in [4.78, 5) is 13.9. The summed E-state index contributed by atoms with van der Waals surface area (Å²) in [6.07, 6.45) is -2.68. The van der Waals surface area contributed by atoms with E-state index in [-0.39, 0.29) is 17.2 Å². The van der Waals surface area contributed by atoms with Gasteiger partial charge in [0.15, 0.2) is 5.01 Å². The summed E-state index contributed by atoms with van der Waals surface area (Å²) in [6.45, 7) is 2.69. The molecule has 3 rings (SSSR count). The first kappa shape index (κ1) is 14.8. The van der Waals surface area contributed by atoms with Crippen LogP contribution in [0.25, 0.3) is 0 Å². The first-order valence-corrected chi connectivity index (χ1v) is 7.62. The minimum Gasteiger partial charge on any atom is -0.317 e. The van der Waals surface area contributed by atoms with E-state index in [9.17, 15) is 13.6 Å². The van der Waals surface area contributed by atoms with E-state index in [0.29, 0.717) is 23.8 Å². The van der Waals surface area contributed by atoms with Crippen LogP contribution in [0.5, 0.6) is 0 Å². The maximum absolute atomic E-state index is 12.5. The van der Waals surface area contributed by atoms with Crippen molar-refractivity contribution in [2.75, 3.05) is 11.9 Å². The van der Waals surface area contributed by atoms with E-state index < -0.39 is 11.4 Å². The molecule has 0 aliphatic carbocycles. The van der Waals surface area contributed by atoms with Crippen molar-refractivity contribution in [2.24, 2.45) is 5.92 Å². The van der Waals surface area contributed by atoms with Crippen LogP contribution in [0.1, 0.15) is 30.0 Å². The second-order valence-corrected chi connectivity index (χ2v) is 6.17. The molecule has 1 N–H and O–H groups in total. The van der Waals surface area contributed by atoms with Gasteiger partial charge in [-0.15, -0.1) is 10.2 Å². The van der Waals surface area contributed by atoms with Gasteiger partial charge in [0.1, 0.15) is 0 Å². The summed E-state index contributed by atoms with van der Waals surface area (Å²) in [5.74, 6) is 0.346. The molecule has 1 aliphatic heterocycles. The quantitative estimate of drug-likeness (QED) is 0.936. The number of aromatic nitrogens is 2. The summed E-state index contributed by atoms with van der Waals surface area (Å²) in [5, 5.41) is 9.15. The first-order chi connectivity index (χ1) is 10.6. The number of nitrogens with zero attached hydrogens (tertiary/aromatic N) is 3. The predicted octanol–water partition coefficient (Wildman–Crippen LogP) is 3.70. The zero-order chi connectivity index (χ0) is 15.7. The molecule has 0 radical (unpaired) electrons. The Hall–Kier alpha value is -2.09. The van der Waals surface area contributed by atoms with E-state index in [1.54, 1.807) is 4.90 Å². The van der Waals surface area contributed by atoms with Crippen LogP contribution in [0.3, 0.4) is 0 Å². The Labute approximate surface area is 130 Å². The van der Waals surface area contributed by atoms with Crippen LogP contribution in [0, 0.1) is 5.92 Å². The summed E-state index contributed by atoms with van der Waals surface area (Å²) < 4.78 is 24.9. The van der Waals surface area contributed by atoms with Gasteiger partial charge in [-0.2, -0.15) is 0 Å². The largest absolute Gasteiger partial charge is 0.324 e. The Morgan fingerprint density at radius 3 is 2.68 bits per heavy atom. The Morgan fingerprint density at radius 1 is 1.36 bits per heavy atom. The van der Waals surface area contributed by atoms with Crippen molar-refractivity contribution in [3.05, 3.63) is 40.9 Å².